The van der Waals surface area contributed by atoms with Crippen LogP contribution in [0.4, 0.5) is 0 Å². The number of amides is 1. The molecule has 24 heavy (non-hydrogen) atoms. The molecule has 1 aliphatic rings. The summed E-state index contributed by atoms with van der Waals surface area (Å²) < 4.78 is 7.23. The molecule has 8 heteroatoms. The van der Waals surface area contributed by atoms with Crippen LogP contribution in [0.3, 0.4) is 0 Å². The van der Waals surface area contributed by atoms with Crippen LogP contribution >= 0.6 is 11.8 Å². The van der Waals surface area contributed by atoms with E-state index in [4.69, 9.17) is 4.74 Å². The van der Waals surface area contributed by atoms with Crippen LogP contribution in [0.1, 0.15) is 0 Å². The van der Waals surface area contributed by atoms with Crippen molar-refractivity contribution in [2.45, 2.75) is 11.7 Å². The van der Waals surface area contributed by atoms with Crippen LogP contribution in [0.2, 0.25) is 0 Å². The molecule has 1 saturated heterocycles. The molecule has 0 aromatic carbocycles. The Bertz CT molecular complexity index is 698. The summed E-state index contributed by atoms with van der Waals surface area (Å²) in [6, 6.07) is 3.77. The maximum atomic E-state index is 12.3. The molecule has 0 bridgehead atoms. The summed E-state index contributed by atoms with van der Waals surface area (Å²) in [5.74, 6) is 1.19. The van der Waals surface area contributed by atoms with E-state index in [1.165, 1.54) is 11.8 Å². The van der Waals surface area contributed by atoms with Gasteiger partial charge in [-0.15, -0.1) is 16.8 Å². The summed E-state index contributed by atoms with van der Waals surface area (Å²) >= 11 is 1.40. The molecule has 1 fully saturated rings. The van der Waals surface area contributed by atoms with Crippen LogP contribution in [-0.2, 0) is 16.1 Å². The second-order valence-corrected chi connectivity index (χ2v) is 6.17. The number of hydrogen-bond donors (Lipinski definition) is 0. The number of nitrogens with zero attached hydrogens (tertiary/aromatic N) is 5. The van der Waals surface area contributed by atoms with Crippen molar-refractivity contribution in [2.24, 2.45) is 0 Å². The van der Waals surface area contributed by atoms with Crippen molar-refractivity contribution in [3.05, 3.63) is 37.2 Å². The Morgan fingerprint density at radius 3 is 2.75 bits per heavy atom. The van der Waals surface area contributed by atoms with E-state index in [-0.39, 0.29) is 5.91 Å². The lowest BCUT2D eigenvalue weighted by atomic mass is 10.2. The number of carbonyl (C=O) groups is 1. The quantitative estimate of drug-likeness (QED) is 0.583. The Labute approximate surface area is 144 Å². The number of allylic oxidation sites excluding steroid dienone is 1. The van der Waals surface area contributed by atoms with E-state index in [1.54, 1.807) is 18.5 Å². The standard InChI is InChI=1S/C16H19N5O2S/c1-2-7-21-15(13-3-5-17-6-4-13)18-19-16(21)24-12-14(22)20-8-10-23-11-9-20/h2-6H,1,7-12H2. The molecule has 7 nitrogen and oxygen atoms in total. The average Bonchev–Trinajstić information content (AvgIpc) is 3.04. The molecule has 0 spiro atoms. The summed E-state index contributed by atoms with van der Waals surface area (Å²) in [7, 11) is 0. The summed E-state index contributed by atoms with van der Waals surface area (Å²) in [6.07, 6.45) is 5.23. The number of morpholine rings is 1. The molecule has 3 heterocycles. The average molecular weight is 345 g/mol. The smallest absolute Gasteiger partial charge is 0.233 e. The number of pyridine rings is 1. The molecule has 0 aliphatic carbocycles. The van der Waals surface area contributed by atoms with Gasteiger partial charge in [0.1, 0.15) is 0 Å². The molecule has 0 radical (unpaired) electrons. The highest BCUT2D eigenvalue weighted by Gasteiger charge is 2.19. The van der Waals surface area contributed by atoms with Gasteiger partial charge in [0.2, 0.25) is 5.91 Å². The van der Waals surface area contributed by atoms with Gasteiger partial charge in [-0.1, -0.05) is 17.8 Å². The van der Waals surface area contributed by atoms with Crippen LogP contribution in [-0.4, -0.2) is 62.6 Å². The van der Waals surface area contributed by atoms with Crippen LogP contribution in [0.25, 0.3) is 11.4 Å². The molecule has 0 N–H and O–H groups in total. The Kier molecular flexibility index (Phi) is 5.60. The molecule has 0 atom stereocenters. The second-order valence-electron chi connectivity index (χ2n) is 5.22. The Balaban J connectivity index is 1.72. The minimum Gasteiger partial charge on any atom is -0.378 e. The highest BCUT2D eigenvalue weighted by Crippen LogP contribution is 2.24. The van der Waals surface area contributed by atoms with Crippen molar-refractivity contribution in [3.8, 4) is 11.4 Å². The van der Waals surface area contributed by atoms with Gasteiger partial charge < -0.3 is 9.64 Å². The zero-order valence-corrected chi connectivity index (χ0v) is 14.1. The molecule has 126 valence electrons. The van der Waals surface area contributed by atoms with Gasteiger partial charge in [-0.3, -0.25) is 14.3 Å². The van der Waals surface area contributed by atoms with E-state index >= 15 is 0 Å². The second kappa shape index (κ2) is 8.07. The molecule has 3 rings (SSSR count). The molecular weight excluding hydrogens is 326 g/mol. The van der Waals surface area contributed by atoms with Gasteiger partial charge in [0.15, 0.2) is 11.0 Å². The fraction of sp³-hybridized carbons (Fsp3) is 0.375. The monoisotopic (exact) mass is 345 g/mol. The fourth-order valence-electron chi connectivity index (χ4n) is 2.43. The SMILES string of the molecule is C=CCn1c(SCC(=O)N2CCOCC2)nnc1-c1ccncc1. The molecular formula is C16H19N5O2S. The van der Waals surface area contributed by atoms with Crippen molar-refractivity contribution in [2.75, 3.05) is 32.1 Å². The van der Waals surface area contributed by atoms with Gasteiger partial charge in [0.25, 0.3) is 0 Å². The number of rotatable bonds is 6. The zero-order valence-electron chi connectivity index (χ0n) is 13.3. The molecule has 1 amide bonds. The maximum absolute atomic E-state index is 12.3. The Morgan fingerprint density at radius 2 is 2.04 bits per heavy atom. The first-order valence-electron chi connectivity index (χ1n) is 7.72. The largest absolute Gasteiger partial charge is 0.378 e. The van der Waals surface area contributed by atoms with Crippen LogP contribution in [0.5, 0.6) is 0 Å². The lowest BCUT2D eigenvalue weighted by Crippen LogP contribution is -2.41. The third kappa shape index (κ3) is 3.82. The molecule has 2 aromatic rings. The maximum Gasteiger partial charge on any atom is 0.233 e. The van der Waals surface area contributed by atoms with Crippen molar-refractivity contribution in [1.82, 2.24) is 24.6 Å². The lowest BCUT2D eigenvalue weighted by molar-refractivity contribution is -0.132. The first kappa shape index (κ1) is 16.7. The van der Waals surface area contributed by atoms with Crippen molar-refractivity contribution in [1.29, 1.82) is 0 Å². The number of hydrogen-bond acceptors (Lipinski definition) is 6. The number of thioether (sulfide) groups is 1. The van der Waals surface area contributed by atoms with E-state index in [0.29, 0.717) is 43.8 Å². The van der Waals surface area contributed by atoms with Crippen molar-refractivity contribution in [3.63, 3.8) is 0 Å². The van der Waals surface area contributed by atoms with Crippen molar-refractivity contribution >= 4 is 17.7 Å². The Morgan fingerprint density at radius 1 is 1.29 bits per heavy atom. The molecule has 0 unspecified atom stereocenters. The predicted octanol–water partition coefficient (Wildman–Crippen LogP) is 1.48. The number of carbonyl (C=O) groups excluding carboxylic acids is 1. The van der Waals surface area contributed by atoms with E-state index < -0.39 is 0 Å². The van der Waals surface area contributed by atoms with E-state index in [2.05, 4.69) is 21.8 Å². The first-order valence-corrected chi connectivity index (χ1v) is 8.71. The molecule has 1 aliphatic heterocycles. The third-order valence-electron chi connectivity index (χ3n) is 3.66. The molecule has 0 saturated carbocycles. The van der Waals surface area contributed by atoms with Gasteiger partial charge in [-0.2, -0.15) is 0 Å². The van der Waals surface area contributed by atoms with Crippen LogP contribution in [0.15, 0.2) is 42.3 Å². The van der Waals surface area contributed by atoms with Crippen LogP contribution in [0, 0.1) is 0 Å². The van der Waals surface area contributed by atoms with E-state index in [0.717, 1.165) is 11.4 Å². The highest BCUT2D eigenvalue weighted by atomic mass is 32.2. The van der Waals surface area contributed by atoms with Gasteiger partial charge in [-0.25, -0.2) is 0 Å². The van der Waals surface area contributed by atoms with Gasteiger partial charge in [-0.05, 0) is 12.1 Å². The van der Waals surface area contributed by atoms with Crippen molar-refractivity contribution < 1.29 is 9.53 Å². The summed E-state index contributed by atoms with van der Waals surface area (Å²) in [5, 5.41) is 9.22. The normalized spacial score (nSPS) is 14.6. The lowest BCUT2D eigenvalue weighted by Gasteiger charge is -2.26. The number of ether oxygens (including phenoxy) is 1. The summed E-state index contributed by atoms with van der Waals surface area (Å²) in [4.78, 5) is 18.1. The Hall–Kier alpha value is -2.19. The van der Waals surface area contributed by atoms with Gasteiger partial charge >= 0.3 is 0 Å². The van der Waals surface area contributed by atoms with Crippen LogP contribution < -0.4 is 0 Å². The highest BCUT2D eigenvalue weighted by molar-refractivity contribution is 7.99. The van der Waals surface area contributed by atoms with Gasteiger partial charge in [0, 0.05) is 37.6 Å². The zero-order chi connectivity index (χ0) is 16.8. The predicted molar refractivity (Wildman–Crippen MR) is 91.6 cm³/mol. The van der Waals surface area contributed by atoms with E-state index in [1.807, 2.05) is 21.6 Å². The van der Waals surface area contributed by atoms with Gasteiger partial charge in [0.05, 0.1) is 19.0 Å². The molecule has 2 aromatic heterocycles. The summed E-state index contributed by atoms with van der Waals surface area (Å²) in [6.45, 7) is 6.90. The number of aromatic nitrogens is 4. The summed E-state index contributed by atoms with van der Waals surface area (Å²) in [5.41, 5.74) is 0.936. The fourth-order valence-corrected chi connectivity index (χ4v) is 3.28. The van der Waals surface area contributed by atoms with E-state index in [9.17, 15) is 4.79 Å². The third-order valence-corrected chi connectivity index (χ3v) is 4.61. The minimum absolute atomic E-state index is 0.0990. The topological polar surface area (TPSA) is 73.1 Å². The minimum atomic E-state index is 0.0990. The first-order chi connectivity index (χ1) is 11.8.